The number of nitrogens with zero attached hydrogens (tertiary/aromatic N) is 3. The molecule has 0 aliphatic heterocycles. The summed E-state index contributed by atoms with van der Waals surface area (Å²) in [5.74, 6) is 1.50. The van der Waals surface area contributed by atoms with Gasteiger partial charge < -0.3 is 23.7 Å². The van der Waals surface area contributed by atoms with Crippen LogP contribution in [0.25, 0.3) is 28.4 Å². The van der Waals surface area contributed by atoms with E-state index in [0.29, 0.717) is 51.6 Å². The van der Waals surface area contributed by atoms with E-state index in [1.54, 1.807) is 54.6 Å². The van der Waals surface area contributed by atoms with Crippen molar-refractivity contribution >= 4 is 29.2 Å². The molecule has 0 radical (unpaired) electrons. The molecular weight excluding hydrogens is 574 g/mol. The highest BCUT2D eigenvalue weighted by molar-refractivity contribution is 5.89. The lowest BCUT2D eigenvalue weighted by Gasteiger charge is -2.15. The SMILES string of the molecule is CCOc1cc(C=Nn2c(-c3cc(OC)c(OC)c(OC)c3)nc3ccccc3c2=O)ccc1OC(=O)/C=C/c1ccccc1. The lowest BCUT2D eigenvalue weighted by Crippen LogP contribution is -2.20. The van der Waals surface area contributed by atoms with Gasteiger partial charge in [0.15, 0.2) is 28.8 Å². The molecule has 0 atom stereocenters. The second-order valence-corrected chi connectivity index (χ2v) is 9.53. The van der Waals surface area contributed by atoms with Crippen molar-refractivity contribution in [3.63, 3.8) is 0 Å². The number of carbonyl (C=O) groups excluding carboxylic acids is 1. The maximum Gasteiger partial charge on any atom is 0.336 e. The van der Waals surface area contributed by atoms with Gasteiger partial charge in [-0.1, -0.05) is 42.5 Å². The van der Waals surface area contributed by atoms with Crippen LogP contribution in [0.15, 0.2) is 101 Å². The zero-order valence-electron chi connectivity index (χ0n) is 25.2. The molecule has 0 bridgehead atoms. The van der Waals surface area contributed by atoms with E-state index >= 15 is 0 Å². The Labute approximate surface area is 259 Å². The number of ether oxygens (including phenoxy) is 5. The van der Waals surface area contributed by atoms with Gasteiger partial charge in [-0.2, -0.15) is 9.78 Å². The van der Waals surface area contributed by atoms with Crippen LogP contribution in [-0.2, 0) is 4.79 Å². The van der Waals surface area contributed by atoms with E-state index in [0.717, 1.165) is 5.56 Å². The summed E-state index contributed by atoms with van der Waals surface area (Å²) in [6.07, 6.45) is 4.53. The zero-order chi connectivity index (χ0) is 31.8. The summed E-state index contributed by atoms with van der Waals surface area (Å²) in [5.41, 5.74) is 2.11. The van der Waals surface area contributed by atoms with Crippen LogP contribution >= 0.6 is 0 Å². The van der Waals surface area contributed by atoms with Crippen molar-refractivity contribution in [1.29, 1.82) is 0 Å². The van der Waals surface area contributed by atoms with Crippen molar-refractivity contribution in [2.24, 2.45) is 5.10 Å². The molecule has 45 heavy (non-hydrogen) atoms. The molecule has 0 aliphatic rings. The molecule has 0 N–H and O–H groups in total. The summed E-state index contributed by atoms with van der Waals surface area (Å²) in [7, 11) is 4.53. The maximum absolute atomic E-state index is 13.7. The third kappa shape index (κ3) is 6.86. The summed E-state index contributed by atoms with van der Waals surface area (Å²) in [6, 6.07) is 24.8. The summed E-state index contributed by atoms with van der Waals surface area (Å²) in [6.45, 7) is 2.16. The largest absolute Gasteiger partial charge is 0.493 e. The van der Waals surface area contributed by atoms with E-state index in [1.807, 2.05) is 43.3 Å². The number of methoxy groups -OCH3 is 3. The standard InChI is InChI=1S/C35H31N3O7/c1-5-44-29-19-24(15-17-28(29)45-32(39)18-16-23-11-7-6-8-12-23)22-36-38-34(37-27-14-10-9-13-26(27)35(38)40)25-20-30(41-2)33(43-4)31(21-25)42-3/h6-22H,5H2,1-4H3/b18-16+,36-22?. The molecule has 0 unspecified atom stereocenters. The topological polar surface area (TPSA) is 110 Å². The minimum atomic E-state index is -0.551. The van der Waals surface area contributed by atoms with Gasteiger partial charge >= 0.3 is 5.97 Å². The Bertz CT molecular complexity index is 1920. The first-order valence-electron chi connectivity index (χ1n) is 14.0. The lowest BCUT2D eigenvalue weighted by atomic mass is 10.1. The molecular formula is C35H31N3O7. The highest BCUT2D eigenvalue weighted by Crippen LogP contribution is 2.41. The van der Waals surface area contributed by atoms with Gasteiger partial charge in [-0.3, -0.25) is 4.79 Å². The fourth-order valence-electron chi connectivity index (χ4n) is 4.58. The summed E-state index contributed by atoms with van der Waals surface area (Å²) < 4.78 is 29.0. The number of hydrogen-bond acceptors (Lipinski definition) is 9. The third-order valence-corrected chi connectivity index (χ3v) is 6.69. The van der Waals surface area contributed by atoms with Crippen LogP contribution in [0, 0.1) is 0 Å². The molecule has 0 amide bonds. The average Bonchev–Trinajstić information content (AvgIpc) is 3.07. The van der Waals surface area contributed by atoms with Crippen LogP contribution < -0.4 is 29.2 Å². The summed E-state index contributed by atoms with van der Waals surface area (Å²) in [5, 5.41) is 4.94. The number of carbonyl (C=O) groups is 1. The monoisotopic (exact) mass is 605 g/mol. The smallest absolute Gasteiger partial charge is 0.336 e. The quantitative estimate of drug-likeness (QED) is 0.0782. The first-order valence-corrected chi connectivity index (χ1v) is 14.0. The molecule has 5 rings (SSSR count). The lowest BCUT2D eigenvalue weighted by molar-refractivity contribution is -0.129. The molecule has 1 heterocycles. The second kappa shape index (κ2) is 14.0. The van der Waals surface area contributed by atoms with E-state index < -0.39 is 5.97 Å². The number of rotatable bonds is 11. The van der Waals surface area contributed by atoms with Crippen molar-refractivity contribution in [1.82, 2.24) is 9.66 Å². The van der Waals surface area contributed by atoms with Crippen LogP contribution in [-0.4, -0.2) is 49.8 Å². The fraction of sp³-hybridized carbons (Fsp3) is 0.143. The van der Waals surface area contributed by atoms with Crippen molar-refractivity contribution in [3.8, 4) is 40.1 Å². The van der Waals surface area contributed by atoms with Crippen molar-refractivity contribution in [2.75, 3.05) is 27.9 Å². The number of fused-ring (bicyclic) bond motifs is 1. The Balaban J connectivity index is 1.53. The molecule has 0 spiro atoms. The van der Waals surface area contributed by atoms with Crippen molar-refractivity contribution in [2.45, 2.75) is 6.92 Å². The third-order valence-electron chi connectivity index (χ3n) is 6.69. The Kier molecular flexibility index (Phi) is 9.54. The predicted octanol–water partition coefficient (Wildman–Crippen LogP) is 5.99. The number of benzene rings is 4. The Morgan fingerprint density at radius 2 is 1.53 bits per heavy atom. The van der Waals surface area contributed by atoms with E-state index in [9.17, 15) is 9.59 Å². The summed E-state index contributed by atoms with van der Waals surface area (Å²) >= 11 is 0. The highest BCUT2D eigenvalue weighted by atomic mass is 16.6. The van der Waals surface area contributed by atoms with Crippen LogP contribution in [0.1, 0.15) is 18.1 Å². The van der Waals surface area contributed by atoms with Crippen molar-refractivity contribution in [3.05, 3.63) is 112 Å². The van der Waals surface area contributed by atoms with E-state index in [2.05, 4.69) is 5.10 Å². The Morgan fingerprint density at radius 3 is 2.22 bits per heavy atom. The molecule has 10 nitrogen and oxygen atoms in total. The molecule has 228 valence electrons. The fourth-order valence-corrected chi connectivity index (χ4v) is 4.58. The molecule has 1 aromatic heterocycles. The van der Waals surface area contributed by atoms with Gasteiger partial charge in [-0.15, -0.1) is 0 Å². The molecule has 0 aliphatic carbocycles. The van der Waals surface area contributed by atoms with Crippen molar-refractivity contribution < 1.29 is 28.5 Å². The van der Waals surface area contributed by atoms with Gasteiger partial charge in [0.25, 0.3) is 5.56 Å². The first kappa shape index (κ1) is 30.6. The number of aromatic nitrogens is 2. The van der Waals surface area contributed by atoms with Crippen LogP contribution in [0.2, 0.25) is 0 Å². The Morgan fingerprint density at radius 1 is 0.822 bits per heavy atom. The highest BCUT2D eigenvalue weighted by Gasteiger charge is 2.19. The molecule has 10 heteroatoms. The summed E-state index contributed by atoms with van der Waals surface area (Å²) in [4.78, 5) is 31.0. The molecule has 0 saturated heterocycles. The molecule has 5 aromatic rings. The molecule has 0 saturated carbocycles. The van der Waals surface area contributed by atoms with E-state index in [4.69, 9.17) is 28.7 Å². The zero-order valence-corrected chi connectivity index (χ0v) is 25.2. The molecule has 4 aromatic carbocycles. The number of esters is 1. The number of hydrogen-bond donors (Lipinski definition) is 0. The van der Waals surface area contributed by atoms with Crippen LogP contribution in [0.3, 0.4) is 0 Å². The predicted molar refractivity (Wildman–Crippen MR) is 173 cm³/mol. The first-order chi connectivity index (χ1) is 21.9. The van der Waals surface area contributed by atoms with Crippen LogP contribution in [0.5, 0.6) is 28.7 Å². The van der Waals surface area contributed by atoms with Gasteiger partial charge in [0.2, 0.25) is 5.75 Å². The van der Waals surface area contributed by atoms with E-state index in [-0.39, 0.29) is 17.1 Å². The van der Waals surface area contributed by atoms with E-state index in [1.165, 1.54) is 38.3 Å². The minimum Gasteiger partial charge on any atom is -0.493 e. The molecule has 0 fully saturated rings. The van der Waals surface area contributed by atoms with Gasteiger partial charge in [0.1, 0.15) is 0 Å². The van der Waals surface area contributed by atoms with Gasteiger partial charge in [0.05, 0.1) is 45.1 Å². The van der Waals surface area contributed by atoms with Gasteiger partial charge in [-0.05, 0) is 66.6 Å². The maximum atomic E-state index is 13.7. The average molecular weight is 606 g/mol. The van der Waals surface area contributed by atoms with Gasteiger partial charge in [0, 0.05) is 11.6 Å². The van der Waals surface area contributed by atoms with Gasteiger partial charge in [-0.25, -0.2) is 9.78 Å². The number of para-hydroxylation sites is 1. The Hall–Kier alpha value is -5.90. The van der Waals surface area contributed by atoms with Crippen LogP contribution in [0.4, 0.5) is 0 Å². The minimum absolute atomic E-state index is 0.249. The second-order valence-electron chi connectivity index (χ2n) is 9.53. The normalized spacial score (nSPS) is 11.2.